The van der Waals surface area contributed by atoms with Crippen LogP contribution in [0.25, 0.3) is 100 Å². The highest BCUT2D eigenvalue weighted by Gasteiger charge is 2.14. The van der Waals surface area contributed by atoms with Crippen LogP contribution in [-0.2, 0) is 0 Å². The molecule has 5 heteroatoms. The smallest absolute Gasteiger partial charge is 0.160 e. The lowest BCUT2D eigenvalue weighted by Gasteiger charge is -2.12. The van der Waals surface area contributed by atoms with E-state index in [1.807, 2.05) is 48.7 Å². The number of para-hydroxylation sites is 1. The Kier molecular flexibility index (Phi) is 7.96. The lowest BCUT2D eigenvalue weighted by Crippen LogP contribution is -1.96. The number of rotatable bonds is 6. The predicted molar refractivity (Wildman–Crippen MR) is 225 cm³/mol. The van der Waals surface area contributed by atoms with Crippen molar-refractivity contribution < 1.29 is 0 Å². The molecule has 0 aliphatic heterocycles. The topological polar surface area (TPSA) is 64.5 Å². The minimum absolute atomic E-state index is 0.676. The Hall–Kier alpha value is -7.37. The molecule has 0 aliphatic rings. The molecular weight excluding hydrogens is 671 g/mol. The highest BCUT2D eigenvalue weighted by Crippen LogP contribution is 2.34. The summed E-state index contributed by atoms with van der Waals surface area (Å²) in [4.78, 5) is 25.3. The van der Waals surface area contributed by atoms with Crippen LogP contribution in [0, 0.1) is 6.92 Å². The van der Waals surface area contributed by atoms with E-state index in [1.54, 1.807) is 0 Å². The van der Waals surface area contributed by atoms with Crippen molar-refractivity contribution in [2.45, 2.75) is 6.92 Å². The largest absolute Gasteiger partial charge is 0.256 e. The van der Waals surface area contributed by atoms with Crippen LogP contribution in [-0.4, -0.2) is 24.9 Å². The molecule has 0 atom stereocenters. The Morgan fingerprint density at radius 3 is 1.73 bits per heavy atom. The quantitative estimate of drug-likeness (QED) is 0.161. The van der Waals surface area contributed by atoms with Crippen molar-refractivity contribution in [3.05, 3.63) is 188 Å². The molecule has 0 N–H and O–H groups in total. The van der Waals surface area contributed by atoms with Crippen LogP contribution in [0.5, 0.6) is 0 Å². The Morgan fingerprint density at radius 1 is 0.345 bits per heavy atom. The fourth-order valence-corrected chi connectivity index (χ4v) is 7.41. The first-order chi connectivity index (χ1) is 27.1. The van der Waals surface area contributed by atoms with Crippen LogP contribution in [0.4, 0.5) is 0 Å². The van der Waals surface area contributed by atoms with E-state index in [-0.39, 0.29) is 0 Å². The van der Waals surface area contributed by atoms with Gasteiger partial charge in [0.15, 0.2) is 5.82 Å². The zero-order chi connectivity index (χ0) is 36.7. The van der Waals surface area contributed by atoms with E-state index in [9.17, 15) is 0 Å². The summed E-state index contributed by atoms with van der Waals surface area (Å²) in [5.74, 6) is 0.676. The zero-order valence-corrected chi connectivity index (χ0v) is 30.1. The van der Waals surface area contributed by atoms with Gasteiger partial charge in [0, 0.05) is 55.7 Å². The van der Waals surface area contributed by atoms with Gasteiger partial charge in [-0.2, -0.15) is 0 Å². The Labute approximate surface area is 318 Å². The molecule has 0 fully saturated rings. The summed E-state index contributed by atoms with van der Waals surface area (Å²) in [5, 5.41) is 3.29. The summed E-state index contributed by atoms with van der Waals surface area (Å²) >= 11 is 0. The number of nitrogens with zero attached hydrogens (tertiary/aromatic N) is 5. The van der Waals surface area contributed by atoms with Crippen molar-refractivity contribution in [1.29, 1.82) is 0 Å². The summed E-state index contributed by atoms with van der Waals surface area (Å²) in [5.41, 5.74) is 14.8. The molecule has 0 spiro atoms. The summed E-state index contributed by atoms with van der Waals surface area (Å²) in [6.07, 6.45) is 1.85. The normalized spacial score (nSPS) is 11.4. The number of benzene rings is 6. The van der Waals surface area contributed by atoms with Crippen LogP contribution in [0.15, 0.2) is 182 Å². The van der Waals surface area contributed by atoms with Crippen molar-refractivity contribution in [2.75, 3.05) is 0 Å². The van der Waals surface area contributed by atoms with Crippen LogP contribution < -0.4 is 0 Å². The Balaban J connectivity index is 1.05. The van der Waals surface area contributed by atoms with E-state index in [1.165, 1.54) is 5.56 Å². The molecule has 6 aromatic carbocycles. The number of hydrogen-bond acceptors (Lipinski definition) is 5. The van der Waals surface area contributed by atoms with Crippen molar-refractivity contribution >= 4 is 32.7 Å². The first-order valence-corrected chi connectivity index (χ1v) is 18.4. The molecule has 258 valence electrons. The summed E-state index contributed by atoms with van der Waals surface area (Å²) in [6, 6.07) is 60.7. The van der Waals surface area contributed by atoms with Gasteiger partial charge >= 0.3 is 0 Å². The zero-order valence-electron chi connectivity index (χ0n) is 30.1. The first-order valence-electron chi connectivity index (χ1n) is 18.4. The molecule has 4 heterocycles. The second-order valence-electron chi connectivity index (χ2n) is 13.8. The molecule has 0 radical (unpaired) electrons. The molecule has 0 aliphatic carbocycles. The number of pyridine rings is 3. The summed E-state index contributed by atoms with van der Waals surface area (Å²) in [7, 11) is 0. The molecule has 0 amide bonds. The lowest BCUT2D eigenvalue weighted by molar-refractivity contribution is 1.18. The number of fused-ring (bicyclic) bond motifs is 4. The van der Waals surface area contributed by atoms with E-state index in [4.69, 9.17) is 24.9 Å². The fraction of sp³-hybridized carbons (Fsp3) is 0.0200. The Bertz CT molecular complexity index is 3030. The molecule has 0 saturated heterocycles. The second-order valence-corrected chi connectivity index (χ2v) is 13.8. The van der Waals surface area contributed by atoms with Gasteiger partial charge in [-0.25, -0.2) is 19.9 Å². The third-order valence-corrected chi connectivity index (χ3v) is 10.3. The van der Waals surface area contributed by atoms with Crippen molar-refractivity contribution in [2.24, 2.45) is 0 Å². The van der Waals surface area contributed by atoms with Crippen LogP contribution in [0.2, 0.25) is 0 Å². The molecule has 0 unspecified atom stereocenters. The summed E-state index contributed by atoms with van der Waals surface area (Å²) < 4.78 is 0. The van der Waals surface area contributed by atoms with Gasteiger partial charge in [0.05, 0.1) is 39.3 Å². The van der Waals surface area contributed by atoms with Gasteiger partial charge in [-0.15, -0.1) is 0 Å². The molecule has 0 saturated carbocycles. The molecule has 4 aromatic heterocycles. The van der Waals surface area contributed by atoms with E-state index in [0.29, 0.717) is 5.82 Å². The van der Waals surface area contributed by atoms with E-state index in [0.717, 1.165) is 94.4 Å². The minimum Gasteiger partial charge on any atom is -0.256 e. The monoisotopic (exact) mass is 703 g/mol. The highest BCUT2D eigenvalue weighted by molar-refractivity contribution is 6.05. The Morgan fingerprint density at radius 2 is 0.927 bits per heavy atom. The highest BCUT2D eigenvalue weighted by atomic mass is 14.9. The van der Waals surface area contributed by atoms with Crippen molar-refractivity contribution in [1.82, 2.24) is 24.9 Å². The molecule has 10 rings (SSSR count). The molecular formula is C50H33N5. The van der Waals surface area contributed by atoms with Gasteiger partial charge < -0.3 is 0 Å². The number of hydrogen-bond donors (Lipinski definition) is 0. The average Bonchev–Trinajstić information content (AvgIpc) is 3.26. The van der Waals surface area contributed by atoms with Gasteiger partial charge in [0.2, 0.25) is 0 Å². The first kappa shape index (κ1) is 32.3. The van der Waals surface area contributed by atoms with Gasteiger partial charge in [-0.05, 0) is 48.4 Å². The fourth-order valence-electron chi connectivity index (χ4n) is 7.41. The maximum atomic E-state index is 5.22. The van der Waals surface area contributed by atoms with Crippen molar-refractivity contribution in [3.8, 4) is 67.5 Å². The standard InChI is InChI=1S/C50H33N5/c1-32-29-44(33-11-4-2-5-12-33)53-49-41(32)26-24-37-25-27-43(52-48(37)49)34-20-22-35(23-21-34)45-31-46(55-50(54-45)38-13-6-3-7-14-38)40-17-8-16-39(30-40)42-19-9-15-36-18-10-28-51-47(36)42/h2-31H,1H3. The average molecular weight is 704 g/mol. The third kappa shape index (κ3) is 6.08. The second kappa shape index (κ2) is 13.6. The van der Waals surface area contributed by atoms with E-state index < -0.39 is 0 Å². The van der Waals surface area contributed by atoms with Crippen LogP contribution in [0.3, 0.4) is 0 Å². The maximum Gasteiger partial charge on any atom is 0.160 e. The van der Waals surface area contributed by atoms with Gasteiger partial charge in [-0.1, -0.05) is 146 Å². The maximum absolute atomic E-state index is 5.22. The number of aromatic nitrogens is 5. The predicted octanol–water partition coefficient (Wildman–Crippen LogP) is 12.4. The van der Waals surface area contributed by atoms with E-state index in [2.05, 4.69) is 140 Å². The minimum atomic E-state index is 0.676. The summed E-state index contributed by atoms with van der Waals surface area (Å²) in [6.45, 7) is 2.14. The SMILES string of the molecule is Cc1cc(-c2ccccc2)nc2c1ccc1ccc(-c3ccc(-c4cc(-c5cccc(-c6cccc7cccnc67)c5)nc(-c5ccccc5)n4)cc3)nc12. The van der Waals surface area contributed by atoms with Gasteiger partial charge in [-0.3, -0.25) is 4.98 Å². The van der Waals surface area contributed by atoms with Crippen LogP contribution >= 0.6 is 0 Å². The van der Waals surface area contributed by atoms with E-state index >= 15 is 0 Å². The number of aryl methyl sites for hydroxylation is 1. The molecule has 55 heavy (non-hydrogen) atoms. The van der Waals surface area contributed by atoms with Gasteiger partial charge in [0.25, 0.3) is 0 Å². The molecule has 5 nitrogen and oxygen atoms in total. The lowest BCUT2D eigenvalue weighted by atomic mass is 9.98. The third-order valence-electron chi connectivity index (χ3n) is 10.3. The van der Waals surface area contributed by atoms with Crippen LogP contribution in [0.1, 0.15) is 5.56 Å². The van der Waals surface area contributed by atoms with Crippen molar-refractivity contribution in [3.63, 3.8) is 0 Å². The molecule has 0 bridgehead atoms. The van der Waals surface area contributed by atoms with Gasteiger partial charge in [0.1, 0.15) is 0 Å². The molecule has 10 aromatic rings.